The van der Waals surface area contributed by atoms with Gasteiger partial charge in [0.25, 0.3) is 0 Å². The van der Waals surface area contributed by atoms with Gasteiger partial charge in [0.1, 0.15) is 5.82 Å². The smallest absolute Gasteiger partial charge is 0.171 e. The normalized spacial score (nSPS) is 10.9. The zero-order chi connectivity index (χ0) is 20.1. The minimum Gasteiger partial charge on any atom is -0.362 e. The van der Waals surface area contributed by atoms with Crippen LogP contribution in [0.3, 0.4) is 0 Å². The van der Waals surface area contributed by atoms with Crippen molar-refractivity contribution in [3.63, 3.8) is 0 Å². The van der Waals surface area contributed by atoms with E-state index >= 15 is 0 Å². The van der Waals surface area contributed by atoms with Crippen LogP contribution in [0, 0.1) is 19.7 Å². The molecule has 0 aliphatic rings. The molecule has 0 bridgehead atoms. The number of aryl methyl sites for hydroxylation is 3. The van der Waals surface area contributed by atoms with E-state index in [4.69, 9.17) is 23.8 Å². The lowest BCUT2D eigenvalue weighted by molar-refractivity contribution is 0.558. The van der Waals surface area contributed by atoms with Gasteiger partial charge in [0.15, 0.2) is 10.9 Å². The highest BCUT2D eigenvalue weighted by Crippen LogP contribution is 2.20. The lowest BCUT2D eigenvalue weighted by Crippen LogP contribution is -2.30. The van der Waals surface area contributed by atoms with Crippen molar-refractivity contribution in [3.05, 3.63) is 64.3 Å². The van der Waals surface area contributed by atoms with Crippen molar-refractivity contribution < 1.29 is 4.39 Å². The fraction of sp³-hybridized carbons (Fsp3) is 0.316. The number of halogens is 2. The van der Waals surface area contributed by atoms with Crippen LogP contribution in [-0.2, 0) is 13.1 Å². The van der Waals surface area contributed by atoms with Crippen LogP contribution in [-0.4, -0.2) is 31.2 Å². The second-order valence-electron chi connectivity index (χ2n) is 6.48. The van der Waals surface area contributed by atoms with Crippen LogP contribution in [0.4, 0.5) is 10.2 Å². The monoisotopic (exact) mass is 420 g/mol. The zero-order valence-corrected chi connectivity index (χ0v) is 17.3. The average molecular weight is 421 g/mol. The largest absolute Gasteiger partial charge is 0.362 e. The van der Waals surface area contributed by atoms with Crippen molar-refractivity contribution in [2.24, 2.45) is 0 Å². The topological polar surface area (TPSA) is 59.7 Å². The molecule has 2 N–H and O–H groups in total. The van der Waals surface area contributed by atoms with Crippen LogP contribution in [0.1, 0.15) is 23.4 Å². The molecule has 0 aliphatic heterocycles. The Morgan fingerprint density at radius 3 is 2.79 bits per heavy atom. The van der Waals surface area contributed by atoms with Gasteiger partial charge in [-0.25, -0.2) is 4.39 Å². The summed E-state index contributed by atoms with van der Waals surface area (Å²) in [5.74, 6) is 0.237. The van der Waals surface area contributed by atoms with Crippen LogP contribution in [0.5, 0.6) is 0 Å². The average Bonchev–Trinajstić information content (AvgIpc) is 3.20. The number of hydrogen-bond donors (Lipinski definition) is 2. The molecule has 0 fully saturated rings. The van der Waals surface area contributed by atoms with Gasteiger partial charge in [-0.3, -0.25) is 9.36 Å². The van der Waals surface area contributed by atoms with Gasteiger partial charge < -0.3 is 10.6 Å². The van der Waals surface area contributed by atoms with E-state index in [0.29, 0.717) is 21.5 Å². The van der Waals surface area contributed by atoms with Gasteiger partial charge in [-0.05, 0) is 50.7 Å². The SMILES string of the molecule is Cc1cc(C)n(CCCNC(=S)Nc2ccn(Cc3c(F)cccc3Cl)n2)n1. The molecular formula is C19H22ClFN6S. The summed E-state index contributed by atoms with van der Waals surface area (Å²) in [7, 11) is 0. The molecule has 2 aromatic heterocycles. The van der Waals surface area contributed by atoms with Gasteiger partial charge in [0.2, 0.25) is 0 Å². The summed E-state index contributed by atoms with van der Waals surface area (Å²) in [5.41, 5.74) is 2.58. The number of rotatable bonds is 7. The molecule has 0 unspecified atom stereocenters. The summed E-state index contributed by atoms with van der Waals surface area (Å²) in [6.07, 6.45) is 2.64. The number of nitrogens with one attached hydrogen (secondary N) is 2. The lowest BCUT2D eigenvalue weighted by atomic mass is 10.2. The minimum absolute atomic E-state index is 0.246. The maximum absolute atomic E-state index is 13.9. The van der Waals surface area contributed by atoms with Gasteiger partial charge >= 0.3 is 0 Å². The lowest BCUT2D eigenvalue weighted by Gasteiger charge is -2.09. The van der Waals surface area contributed by atoms with Crippen molar-refractivity contribution in [3.8, 4) is 0 Å². The Balaban J connectivity index is 1.45. The summed E-state index contributed by atoms with van der Waals surface area (Å²) >= 11 is 11.4. The quantitative estimate of drug-likeness (QED) is 0.448. The number of hydrogen-bond acceptors (Lipinski definition) is 3. The number of benzene rings is 1. The van der Waals surface area contributed by atoms with E-state index in [0.717, 1.165) is 30.9 Å². The highest BCUT2D eigenvalue weighted by atomic mass is 35.5. The molecule has 0 radical (unpaired) electrons. The highest BCUT2D eigenvalue weighted by molar-refractivity contribution is 7.80. The first-order valence-electron chi connectivity index (χ1n) is 8.94. The van der Waals surface area contributed by atoms with Crippen molar-refractivity contribution >= 4 is 34.7 Å². The van der Waals surface area contributed by atoms with Gasteiger partial charge in [-0.1, -0.05) is 17.7 Å². The molecule has 0 spiro atoms. The first-order valence-corrected chi connectivity index (χ1v) is 9.73. The van der Waals surface area contributed by atoms with E-state index in [9.17, 15) is 4.39 Å². The molecular weight excluding hydrogens is 399 g/mol. The van der Waals surface area contributed by atoms with E-state index < -0.39 is 0 Å². The number of nitrogens with zero attached hydrogens (tertiary/aromatic N) is 4. The predicted molar refractivity (Wildman–Crippen MR) is 113 cm³/mol. The molecule has 0 saturated heterocycles. The zero-order valence-electron chi connectivity index (χ0n) is 15.7. The van der Waals surface area contributed by atoms with Crippen LogP contribution in [0.25, 0.3) is 0 Å². The van der Waals surface area contributed by atoms with Crippen molar-refractivity contribution in [1.29, 1.82) is 0 Å². The Labute approximate surface area is 173 Å². The third-order valence-electron chi connectivity index (χ3n) is 4.20. The highest BCUT2D eigenvalue weighted by Gasteiger charge is 2.09. The molecule has 9 heteroatoms. The molecule has 0 saturated carbocycles. The first-order chi connectivity index (χ1) is 13.4. The summed E-state index contributed by atoms with van der Waals surface area (Å²) in [6.45, 7) is 5.82. The molecule has 148 valence electrons. The molecule has 1 aromatic carbocycles. The Morgan fingerprint density at radius 2 is 2.07 bits per heavy atom. The second-order valence-corrected chi connectivity index (χ2v) is 7.30. The molecule has 0 aliphatic carbocycles. The minimum atomic E-state index is -0.350. The van der Waals surface area contributed by atoms with E-state index in [2.05, 4.69) is 26.9 Å². The van der Waals surface area contributed by atoms with E-state index in [1.54, 1.807) is 29.1 Å². The molecule has 6 nitrogen and oxygen atoms in total. The van der Waals surface area contributed by atoms with Gasteiger partial charge in [0, 0.05) is 41.6 Å². The third kappa shape index (κ3) is 5.30. The van der Waals surface area contributed by atoms with Gasteiger partial charge in [-0.2, -0.15) is 10.2 Å². The molecule has 2 heterocycles. The van der Waals surface area contributed by atoms with E-state index in [1.807, 2.05) is 18.5 Å². The predicted octanol–water partition coefficient (Wildman–Crippen LogP) is 3.91. The Hall–Kier alpha value is -2.45. The van der Waals surface area contributed by atoms with Crippen LogP contribution < -0.4 is 10.6 Å². The molecule has 0 atom stereocenters. The summed E-state index contributed by atoms with van der Waals surface area (Å²) in [4.78, 5) is 0. The Kier molecular flexibility index (Phi) is 6.64. The summed E-state index contributed by atoms with van der Waals surface area (Å²) in [5, 5.41) is 15.8. The summed E-state index contributed by atoms with van der Waals surface area (Å²) < 4.78 is 17.5. The maximum Gasteiger partial charge on any atom is 0.171 e. The van der Waals surface area contributed by atoms with E-state index in [1.165, 1.54) is 6.07 Å². The standard InChI is InChI=1S/C19H22ClFN6S/c1-13-11-14(2)27(24-13)9-4-8-22-19(28)23-18-7-10-26(25-18)12-15-16(20)5-3-6-17(15)21/h3,5-7,10-11H,4,8-9,12H2,1-2H3,(H2,22,23,25,28). The number of aromatic nitrogens is 4. The molecule has 3 aromatic rings. The first kappa shape index (κ1) is 20.3. The van der Waals surface area contributed by atoms with E-state index in [-0.39, 0.29) is 12.4 Å². The Bertz CT molecular complexity index is 947. The van der Waals surface area contributed by atoms with Crippen LogP contribution in [0.2, 0.25) is 5.02 Å². The maximum atomic E-state index is 13.9. The third-order valence-corrected chi connectivity index (χ3v) is 4.80. The molecule has 28 heavy (non-hydrogen) atoms. The van der Waals surface area contributed by atoms with Crippen LogP contribution in [0.15, 0.2) is 36.5 Å². The number of thiocarbonyl (C=S) groups is 1. The second kappa shape index (κ2) is 9.16. The molecule has 0 amide bonds. The van der Waals surface area contributed by atoms with Crippen LogP contribution >= 0.6 is 23.8 Å². The fourth-order valence-corrected chi connectivity index (χ4v) is 3.28. The van der Waals surface area contributed by atoms with Gasteiger partial charge in [-0.15, -0.1) is 0 Å². The van der Waals surface area contributed by atoms with Crippen molar-refractivity contribution in [1.82, 2.24) is 24.9 Å². The number of anilines is 1. The fourth-order valence-electron chi connectivity index (χ4n) is 2.85. The van der Waals surface area contributed by atoms with Gasteiger partial charge in [0.05, 0.1) is 12.2 Å². The van der Waals surface area contributed by atoms with Crippen molar-refractivity contribution in [2.75, 3.05) is 11.9 Å². The summed E-state index contributed by atoms with van der Waals surface area (Å²) in [6, 6.07) is 8.46. The molecule has 3 rings (SSSR count). The Morgan fingerprint density at radius 1 is 1.25 bits per heavy atom. The van der Waals surface area contributed by atoms with Crippen molar-refractivity contribution in [2.45, 2.75) is 33.4 Å².